The smallest absolute Gasteiger partial charge is 0.244 e. The molecule has 0 saturated carbocycles. The van der Waals surface area contributed by atoms with E-state index in [9.17, 15) is 4.79 Å². The molecule has 128 valence electrons. The Labute approximate surface area is 146 Å². The molecule has 5 heteroatoms. The van der Waals surface area contributed by atoms with Gasteiger partial charge in [0.05, 0.1) is 24.2 Å². The van der Waals surface area contributed by atoms with Crippen LogP contribution in [0, 0.1) is 0 Å². The quantitative estimate of drug-likeness (QED) is 0.675. The summed E-state index contributed by atoms with van der Waals surface area (Å²) >= 11 is 0. The third-order valence-corrected chi connectivity index (χ3v) is 3.90. The molecule has 0 aliphatic heterocycles. The highest BCUT2D eigenvalue weighted by atomic mass is 16.5. The number of benzene rings is 2. The molecule has 0 atom stereocenters. The van der Waals surface area contributed by atoms with E-state index in [1.807, 2.05) is 54.6 Å². The van der Waals surface area contributed by atoms with E-state index in [1.54, 1.807) is 13.2 Å². The molecule has 0 aliphatic carbocycles. The largest absolute Gasteiger partial charge is 0.383 e. The first kappa shape index (κ1) is 16.9. The summed E-state index contributed by atoms with van der Waals surface area (Å²) < 4.78 is 7.27. The Balaban J connectivity index is 1.70. The maximum atomic E-state index is 12.1. The predicted octanol–water partition coefficient (Wildman–Crippen LogP) is 3.01. The molecule has 0 unspecified atom stereocenters. The lowest BCUT2D eigenvalue weighted by Crippen LogP contribution is -2.23. The van der Waals surface area contributed by atoms with Crippen LogP contribution in [0.3, 0.4) is 0 Å². The molecule has 1 aromatic heterocycles. The molecule has 0 bridgehead atoms. The van der Waals surface area contributed by atoms with Gasteiger partial charge >= 0.3 is 0 Å². The van der Waals surface area contributed by atoms with Crippen LogP contribution in [0.2, 0.25) is 0 Å². The zero-order chi connectivity index (χ0) is 17.5. The fourth-order valence-electron chi connectivity index (χ4n) is 2.65. The Bertz CT molecular complexity index is 869. The fraction of sp³-hybridized carbons (Fsp3) is 0.200. The molecular weight excluding hydrogens is 314 g/mol. The van der Waals surface area contributed by atoms with Gasteiger partial charge in [0.1, 0.15) is 5.82 Å². The number of hydrogen-bond acceptors (Lipinski definition) is 3. The zero-order valence-electron chi connectivity index (χ0n) is 14.2. The number of methoxy groups -OCH3 is 1. The molecule has 0 spiro atoms. The molecule has 25 heavy (non-hydrogen) atoms. The maximum absolute atomic E-state index is 12.1. The van der Waals surface area contributed by atoms with Crippen molar-refractivity contribution in [3.63, 3.8) is 0 Å². The highest BCUT2D eigenvalue weighted by Crippen LogP contribution is 2.16. The summed E-state index contributed by atoms with van der Waals surface area (Å²) in [7, 11) is 1.68. The summed E-state index contributed by atoms with van der Waals surface area (Å²) in [5.74, 6) is 0.675. The Morgan fingerprint density at radius 3 is 2.72 bits per heavy atom. The fourth-order valence-corrected chi connectivity index (χ4v) is 2.65. The van der Waals surface area contributed by atoms with Crippen molar-refractivity contribution in [3.05, 3.63) is 72.1 Å². The molecular formula is C20H21N3O2. The molecule has 1 N–H and O–H groups in total. The second-order valence-corrected chi connectivity index (χ2v) is 5.62. The van der Waals surface area contributed by atoms with Crippen LogP contribution in [0.4, 0.5) is 0 Å². The van der Waals surface area contributed by atoms with Crippen LogP contribution in [0.5, 0.6) is 0 Å². The molecule has 0 aliphatic rings. The Morgan fingerprint density at radius 1 is 1.16 bits per heavy atom. The number of nitrogens with one attached hydrogen (secondary N) is 1. The Hall–Kier alpha value is -2.92. The monoisotopic (exact) mass is 335 g/mol. The molecule has 3 rings (SSSR count). The van der Waals surface area contributed by atoms with Gasteiger partial charge in [-0.15, -0.1) is 0 Å². The molecule has 2 aromatic carbocycles. The first-order chi connectivity index (χ1) is 12.3. The average molecular weight is 335 g/mol. The van der Waals surface area contributed by atoms with Gasteiger partial charge in [0.15, 0.2) is 0 Å². The lowest BCUT2D eigenvalue weighted by molar-refractivity contribution is -0.116. The first-order valence-electron chi connectivity index (χ1n) is 8.22. The lowest BCUT2D eigenvalue weighted by atomic mass is 10.2. The van der Waals surface area contributed by atoms with E-state index < -0.39 is 0 Å². The van der Waals surface area contributed by atoms with E-state index in [1.165, 1.54) is 6.08 Å². The molecule has 1 heterocycles. The van der Waals surface area contributed by atoms with Gasteiger partial charge in [-0.2, -0.15) is 0 Å². The molecule has 3 aromatic rings. The predicted molar refractivity (Wildman–Crippen MR) is 98.9 cm³/mol. The van der Waals surface area contributed by atoms with E-state index in [0.717, 1.165) is 22.4 Å². The van der Waals surface area contributed by atoms with Crippen LogP contribution >= 0.6 is 0 Å². The number of hydrogen-bond donors (Lipinski definition) is 1. The summed E-state index contributed by atoms with van der Waals surface area (Å²) in [6.45, 7) is 1.66. The van der Waals surface area contributed by atoms with Crippen molar-refractivity contribution in [2.45, 2.75) is 13.1 Å². The second kappa shape index (κ2) is 8.26. The topological polar surface area (TPSA) is 56.1 Å². The van der Waals surface area contributed by atoms with Crippen molar-refractivity contribution in [1.82, 2.24) is 14.9 Å². The van der Waals surface area contributed by atoms with Gasteiger partial charge in [0.2, 0.25) is 5.91 Å². The van der Waals surface area contributed by atoms with Crippen molar-refractivity contribution >= 4 is 23.0 Å². The van der Waals surface area contributed by atoms with Gasteiger partial charge in [-0.05, 0) is 23.8 Å². The van der Waals surface area contributed by atoms with Crippen LogP contribution in [-0.4, -0.2) is 29.2 Å². The van der Waals surface area contributed by atoms with E-state index >= 15 is 0 Å². The summed E-state index contributed by atoms with van der Waals surface area (Å²) in [5, 5.41) is 2.90. The minimum atomic E-state index is -0.144. The zero-order valence-corrected chi connectivity index (χ0v) is 14.2. The Morgan fingerprint density at radius 2 is 1.92 bits per heavy atom. The third kappa shape index (κ3) is 4.33. The molecule has 0 radical (unpaired) electrons. The Kier molecular flexibility index (Phi) is 5.59. The number of ether oxygens (including phenoxy) is 1. The van der Waals surface area contributed by atoms with Crippen molar-refractivity contribution < 1.29 is 9.53 Å². The number of nitrogens with zero attached hydrogens (tertiary/aromatic N) is 2. The standard InChI is InChI=1S/C20H21N3O2/c1-25-14-13-23-18-10-6-5-9-17(18)22-19(23)15-21-20(24)12-11-16-7-3-2-4-8-16/h2-12H,13-15H2,1H3,(H,21,24)/b12-11-. The lowest BCUT2D eigenvalue weighted by Gasteiger charge is -2.09. The number of carbonyl (C=O) groups excluding carboxylic acids is 1. The van der Waals surface area contributed by atoms with Gasteiger partial charge in [-0.1, -0.05) is 42.5 Å². The van der Waals surface area contributed by atoms with Crippen LogP contribution < -0.4 is 5.32 Å². The number of rotatable bonds is 7. The van der Waals surface area contributed by atoms with E-state index in [-0.39, 0.29) is 5.91 Å². The highest BCUT2D eigenvalue weighted by molar-refractivity contribution is 5.91. The van der Waals surface area contributed by atoms with Crippen molar-refractivity contribution in [1.29, 1.82) is 0 Å². The second-order valence-electron chi connectivity index (χ2n) is 5.62. The number of imidazole rings is 1. The number of carbonyl (C=O) groups is 1. The van der Waals surface area contributed by atoms with E-state index in [4.69, 9.17) is 4.74 Å². The average Bonchev–Trinajstić information content (AvgIpc) is 3.01. The van der Waals surface area contributed by atoms with Gasteiger partial charge in [0, 0.05) is 19.7 Å². The van der Waals surface area contributed by atoms with Gasteiger partial charge < -0.3 is 14.6 Å². The van der Waals surface area contributed by atoms with Crippen molar-refractivity contribution in [2.24, 2.45) is 0 Å². The molecule has 5 nitrogen and oxygen atoms in total. The number of aromatic nitrogens is 2. The SMILES string of the molecule is COCCn1c(CNC(=O)/C=C\c2ccccc2)nc2ccccc21. The minimum Gasteiger partial charge on any atom is -0.383 e. The van der Waals surface area contributed by atoms with Crippen LogP contribution in [0.1, 0.15) is 11.4 Å². The first-order valence-corrected chi connectivity index (χ1v) is 8.22. The van der Waals surface area contributed by atoms with Crippen molar-refractivity contribution in [2.75, 3.05) is 13.7 Å². The van der Waals surface area contributed by atoms with Crippen LogP contribution in [0.15, 0.2) is 60.7 Å². The molecule has 0 saturated heterocycles. The third-order valence-electron chi connectivity index (χ3n) is 3.90. The summed E-state index contributed by atoms with van der Waals surface area (Å²) in [4.78, 5) is 16.7. The summed E-state index contributed by atoms with van der Waals surface area (Å²) in [5.41, 5.74) is 2.95. The highest BCUT2D eigenvalue weighted by Gasteiger charge is 2.10. The van der Waals surface area contributed by atoms with Gasteiger partial charge in [-0.25, -0.2) is 4.98 Å². The number of amides is 1. The number of para-hydroxylation sites is 2. The normalized spacial score (nSPS) is 11.2. The van der Waals surface area contributed by atoms with Gasteiger partial charge in [0.25, 0.3) is 0 Å². The number of fused-ring (bicyclic) bond motifs is 1. The van der Waals surface area contributed by atoms with Crippen molar-refractivity contribution in [3.8, 4) is 0 Å². The van der Waals surface area contributed by atoms with Gasteiger partial charge in [-0.3, -0.25) is 4.79 Å². The molecule has 1 amide bonds. The van der Waals surface area contributed by atoms with Crippen LogP contribution in [0.25, 0.3) is 17.1 Å². The summed E-state index contributed by atoms with van der Waals surface area (Å²) in [6.07, 6.45) is 3.33. The van der Waals surface area contributed by atoms with Crippen LogP contribution in [-0.2, 0) is 22.6 Å². The molecule has 0 fully saturated rings. The van der Waals surface area contributed by atoms with E-state index in [0.29, 0.717) is 19.7 Å². The minimum absolute atomic E-state index is 0.144. The summed E-state index contributed by atoms with van der Waals surface area (Å²) in [6, 6.07) is 17.7. The van der Waals surface area contributed by atoms with E-state index in [2.05, 4.69) is 14.9 Å². The maximum Gasteiger partial charge on any atom is 0.244 e.